The van der Waals surface area contributed by atoms with Crippen LogP contribution in [0.5, 0.6) is 0 Å². The standard InChI is InChI=1S/C12H20N4OS/c1-8-11(3-4-17)18-7-16(8)6-10-5-14-9(2)15-12(10)13/h5,8,11,17H,3-4,6-7H2,1-2H3,(H2,13,14,15)/t8-,11-/m0/s1. The molecule has 0 unspecified atom stereocenters. The maximum atomic E-state index is 9.02. The molecule has 1 aliphatic heterocycles. The van der Waals surface area contributed by atoms with E-state index in [4.69, 9.17) is 10.8 Å². The van der Waals surface area contributed by atoms with E-state index in [1.54, 1.807) is 0 Å². The van der Waals surface area contributed by atoms with E-state index in [1.807, 2.05) is 24.9 Å². The number of aliphatic hydroxyl groups excluding tert-OH is 1. The first kappa shape index (κ1) is 13.6. The second-order valence-electron chi connectivity index (χ2n) is 4.66. The van der Waals surface area contributed by atoms with Crippen LogP contribution in [0, 0.1) is 6.92 Å². The number of hydrogen-bond donors (Lipinski definition) is 2. The van der Waals surface area contributed by atoms with E-state index in [-0.39, 0.29) is 6.61 Å². The summed E-state index contributed by atoms with van der Waals surface area (Å²) < 4.78 is 0. The van der Waals surface area contributed by atoms with Gasteiger partial charge in [-0.1, -0.05) is 0 Å². The minimum Gasteiger partial charge on any atom is -0.396 e. The molecule has 2 rings (SSSR count). The number of rotatable bonds is 4. The Morgan fingerprint density at radius 3 is 3.06 bits per heavy atom. The summed E-state index contributed by atoms with van der Waals surface area (Å²) in [5, 5.41) is 9.53. The van der Waals surface area contributed by atoms with Gasteiger partial charge in [0, 0.05) is 42.1 Å². The molecule has 1 fully saturated rings. The van der Waals surface area contributed by atoms with E-state index in [2.05, 4.69) is 21.8 Å². The van der Waals surface area contributed by atoms with Gasteiger partial charge in [-0.05, 0) is 20.3 Å². The van der Waals surface area contributed by atoms with Crippen molar-refractivity contribution >= 4 is 17.6 Å². The van der Waals surface area contributed by atoms with Gasteiger partial charge in [0.1, 0.15) is 11.6 Å². The van der Waals surface area contributed by atoms with E-state index in [0.29, 0.717) is 22.9 Å². The molecule has 0 bridgehead atoms. The highest BCUT2D eigenvalue weighted by Crippen LogP contribution is 2.32. The van der Waals surface area contributed by atoms with Crippen LogP contribution >= 0.6 is 11.8 Å². The van der Waals surface area contributed by atoms with Crippen LogP contribution in [0.2, 0.25) is 0 Å². The second-order valence-corrected chi connectivity index (χ2v) is 5.86. The molecule has 6 heteroatoms. The summed E-state index contributed by atoms with van der Waals surface area (Å²) >= 11 is 1.90. The normalized spacial score (nSPS) is 24.6. The summed E-state index contributed by atoms with van der Waals surface area (Å²) in [7, 11) is 0. The number of nitrogens with zero attached hydrogens (tertiary/aromatic N) is 3. The number of nitrogen functional groups attached to an aromatic ring is 1. The summed E-state index contributed by atoms with van der Waals surface area (Å²) in [6.07, 6.45) is 2.66. The fourth-order valence-electron chi connectivity index (χ4n) is 2.18. The minimum atomic E-state index is 0.256. The lowest BCUT2D eigenvalue weighted by Crippen LogP contribution is -2.32. The van der Waals surface area contributed by atoms with Crippen molar-refractivity contribution < 1.29 is 5.11 Å². The molecule has 3 N–H and O–H groups in total. The number of aromatic nitrogens is 2. The van der Waals surface area contributed by atoms with E-state index >= 15 is 0 Å². The van der Waals surface area contributed by atoms with Gasteiger partial charge in [-0.2, -0.15) is 0 Å². The Bertz CT molecular complexity index is 415. The molecule has 2 heterocycles. The van der Waals surface area contributed by atoms with Crippen molar-refractivity contribution in [2.45, 2.75) is 38.1 Å². The molecule has 100 valence electrons. The number of nitrogens with two attached hydrogens (primary N) is 1. The zero-order valence-corrected chi connectivity index (χ0v) is 11.7. The van der Waals surface area contributed by atoms with Crippen molar-refractivity contribution in [1.82, 2.24) is 14.9 Å². The van der Waals surface area contributed by atoms with E-state index in [1.165, 1.54) is 0 Å². The quantitative estimate of drug-likeness (QED) is 0.849. The Balaban J connectivity index is 2.02. The zero-order chi connectivity index (χ0) is 13.1. The van der Waals surface area contributed by atoms with Gasteiger partial charge in [0.25, 0.3) is 0 Å². The van der Waals surface area contributed by atoms with Gasteiger partial charge in [-0.25, -0.2) is 9.97 Å². The van der Waals surface area contributed by atoms with Gasteiger partial charge in [0.05, 0.1) is 0 Å². The molecule has 1 aromatic heterocycles. The third-order valence-corrected chi connectivity index (χ3v) is 4.91. The number of aryl methyl sites for hydroxylation is 1. The molecular formula is C12H20N4OS. The van der Waals surface area contributed by atoms with Crippen LogP contribution in [0.15, 0.2) is 6.20 Å². The lowest BCUT2D eigenvalue weighted by Gasteiger charge is -2.23. The number of anilines is 1. The Morgan fingerprint density at radius 2 is 2.39 bits per heavy atom. The van der Waals surface area contributed by atoms with Crippen LogP contribution in [0.3, 0.4) is 0 Å². The van der Waals surface area contributed by atoms with Gasteiger partial charge in [-0.3, -0.25) is 4.90 Å². The maximum absolute atomic E-state index is 9.02. The third kappa shape index (κ3) is 2.93. The summed E-state index contributed by atoms with van der Waals surface area (Å²) in [5.74, 6) is 2.25. The number of thioether (sulfide) groups is 1. The molecule has 0 saturated carbocycles. The molecule has 0 aliphatic carbocycles. The monoisotopic (exact) mass is 268 g/mol. The molecule has 0 radical (unpaired) electrons. The first-order valence-corrected chi connectivity index (χ1v) is 7.21. The van der Waals surface area contributed by atoms with Crippen molar-refractivity contribution in [3.8, 4) is 0 Å². The van der Waals surface area contributed by atoms with Crippen molar-refractivity contribution in [2.24, 2.45) is 0 Å². The first-order chi connectivity index (χ1) is 8.61. The van der Waals surface area contributed by atoms with E-state index in [9.17, 15) is 0 Å². The largest absolute Gasteiger partial charge is 0.396 e. The molecular weight excluding hydrogens is 248 g/mol. The molecule has 0 amide bonds. The molecule has 2 atom stereocenters. The molecule has 18 heavy (non-hydrogen) atoms. The Kier molecular flexibility index (Phi) is 4.42. The zero-order valence-electron chi connectivity index (χ0n) is 10.8. The number of hydrogen-bond acceptors (Lipinski definition) is 6. The van der Waals surface area contributed by atoms with Crippen LogP contribution in [-0.2, 0) is 6.54 Å². The smallest absolute Gasteiger partial charge is 0.131 e. The average Bonchev–Trinajstić information content (AvgIpc) is 2.66. The second kappa shape index (κ2) is 5.86. The van der Waals surface area contributed by atoms with E-state index in [0.717, 1.165) is 24.4 Å². The topological polar surface area (TPSA) is 75.3 Å². The maximum Gasteiger partial charge on any atom is 0.131 e. The van der Waals surface area contributed by atoms with Gasteiger partial charge in [0.15, 0.2) is 0 Å². The van der Waals surface area contributed by atoms with E-state index < -0.39 is 0 Å². The Hall–Kier alpha value is -0.850. The summed E-state index contributed by atoms with van der Waals surface area (Å²) in [5.41, 5.74) is 6.90. The highest BCUT2D eigenvalue weighted by molar-refractivity contribution is 8.00. The molecule has 0 spiro atoms. The first-order valence-electron chi connectivity index (χ1n) is 6.16. The Labute approximate surface area is 112 Å². The fraction of sp³-hybridized carbons (Fsp3) is 0.667. The molecule has 0 aromatic carbocycles. The minimum absolute atomic E-state index is 0.256. The van der Waals surface area contributed by atoms with Crippen molar-refractivity contribution in [1.29, 1.82) is 0 Å². The van der Waals surface area contributed by atoms with Crippen molar-refractivity contribution in [2.75, 3.05) is 18.2 Å². The van der Waals surface area contributed by atoms with Crippen LogP contribution in [0.1, 0.15) is 24.7 Å². The highest BCUT2D eigenvalue weighted by atomic mass is 32.2. The number of aliphatic hydroxyl groups is 1. The molecule has 1 saturated heterocycles. The molecule has 5 nitrogen and oxygen atoms in total. The van der Waals surface area contributed by atoms with Crippen molar-refractivity contribution in [3.05, 3.63) is 17.6 Å². The van der Waals surface area contributed by atoms with Gasteiger partial charge in [0.2, 0.25) is 0 Å². The predicted molar refractivity (Wildman–Crippen MR) is 74.1 cm³/mol. The van der Waals surface area contributed by atoms with Crippen LogP contribution in [-0.4, -0.2) is 43.7 Å². The van der Waals surface area contributed by atoms with Crippen LogP contribution in [0.4, 0.5) is 5.82 Å². The lowest BCUT2D eigenvalue weighted by atomic mass is 10.1. The van der Waals surface area contributed by atoms with Crippen LogP contribution in [0.25, 0.3) is 0 Å². The predicted octanol–water partition coefficient (Wildman–Crippen LogP) is 1.01. The highest BCUT2D eigenvalue weighted by Gasteiger charge is 2.31. The van der Waals surface area contributed by atoms with Crippen molar-refractivity contribution in [3.63, 3.8) is 0 Å². The molecule has 1 aromatic rings. The average molecular weight is 268 g/mol. The van der Waals surface area contributed by atoms with Gasteiger partial charge < -0.3 is 10.8 Å². The van der Waals surface area contributed by atoms with Crippen LogP contribution < -0.4 is 5.73 Å². The third-order valence-electron chi connectivity index (χ3n) is 3.37. The van der Waals surface area contributed by atoms with Gasteiger partial charge in [-0.15, -0.1) is 11.8 Å². The summed E-state index contributed by atoms with van der Waals surface area (Å²) in [6, 6.07) is 0.447. The summed E-state index contributed by atoms with van der Waals surface area (Å²) in [6.45, 7) is 5.07. The fourth-order valence-corrected chi connectivity index (χ4v) is 3.61. The SMILES string of the molecule is Cc1ncc(CN2CS[C@@H](CCO)[C@@H]2C)c(N)n1. The van der Waals surface area contributed by atoms with Gasteiger partial charge >= 0.3 is 0 Å². The Morgan fingerprint density at radius 1 is 1.61 bits per heavy atom. The summed E-state index contributed by atoms with van der Waals surface area (Å²) in [4.78, 5) is 10.7. The molecule has 1 aliphatic rings. The lowest BCUT2D eigenvalue weighted by molar-refractivity contribution is 0.226.